The Morgan fingerprint density at radius 2 is 2.50 bits per heavy atom. The number of rotatable bonds is 6. The molecule has 1 heterocycles. The zero-order chi connectivity index (χ0) is 12.0. The minimum atomic E-state index is -0.423. The van der Waals surface area contributed by atoms with Crippen LogP contribution in [0.15, 0.2) is 17.3 Å². The van der Waals surface area contributed by atoms with E-state index in [2.05, 4.69) is 26.7 Å². The summed E-state index contributed by atoms with van der Waals surface area (Å²) in [4.78, 5) is 4.25. The standard InChI is InChI=1S/C10H20N3O2P/c1-7(4-8(14)6-15-16)5-10-12-3-2-9(11)13-10/h2-3,7-8,10,12,14H,4-6,16H2,1H3,(H2,11,13)/t7-,8-,10?/m0/s1. The molecular formula is C10H20N3O2P. The van der Waals surface area contributed by atoms with Crippen LogP contribution < -0.4 is 11.1 Å². The molecule has 1 rings (SSSR count). The van der Waals surface area contributed by atoms with Crippen molar-refractivity contribution in [2.45, 2.75) is 32.0 Å². The number of aliphatic hydroxyl groups excluding tert-OH is 1. The molecule has 4 N–H and O–H groups in total. The van der Waals surface area contributed by atoms with E-state index in [9.17, 15) is 5.11 Å². The molecule has 0 saturated heterocycles. The molecule has 0 aromatic rings. The summed E-state index contributed by atoms with van der Waals surface area (Å²) < 4.78 is 4.80. The van der Waals surface area contributed by atoms with E-state index >= 15 is 0 Å². The monoisotopic (exact) mass is 245 g/mol. The molecule has 2 unspecified atom stereocenters. The zero-order valence-corrected chi connectivity index (χ0v) is 10.6. The third-order valence-corrected chi connectivity index (χ3v) is 2.63. The van der Waals surface area contributed by atoms with Gasteiger partial charge in [0.15, 0.2) is 0 Å². The molecule has 6 heteroatoms. The second-order valence-corrected chi connectivity index (χ2v) is 4.47. The first-order valence-electron chi connectivity index (χ1n) is 5.37. The quantitative estimate of drug-likeness (QED) is 0.591. The topological polar surface area (TPSA) is 79.9 Å². The van der Waals surface area contributed by atoms with Gasteiger partial charge in [-0.2, -0.15) is 0 Å². The first kappa shape index (κ1) is 13.4. The molecule has 0 spiro atoms. The van der Waals surface area contributed by atoms with Crippen molar-refractivity contribution in [3.63, 3.8) is 0 Å². The summed E-state index contributed by atoms with van der Waals surface area (Å²) in [5.74, 6) is 0.903. The predicted molar refractivity (Wildman–Crippen MR) is 67.8 cm³/mol. The predicted octanol–water partition coefficient (Wildman–Crippen LogP) is 0.370. The van der Waals surface area contributed by atoms with Crippen LogP contribution in [0.4, 0.5) is 0 Å². The van der Waals surface area contributed by atoms with E-state index in [4.69, 9.17) is 10.3 Å². The summed E-state index contributed by atoms with van der Waals surface area (Å²) in [6, 6.07) is 0. The second-order valence-electron chi connectivity index (χ2n) is 4.13. The molecule has 1 aliphatic heterocycles. The van der Waals surface area contributed by atoms with Crippen molar-refractivity contribution in [1.82, 2.24) is 5.32 Å². The number of aliphatic imine (C=N–C) groups is 1. The van der Waals surface area contributed by atoms with Crippen molar-refractivity contribution in [1.29, 1.82) is 0 Å². The largest absolute Gasteiger partial charge is 0.391 e. The highest BCUT2D eigenvalue weighted by Crippen LogP contribution is 2.15. The molecule has 0 fully saturated rings. The summed E-state index contributed by atoms with van der Waals surface area (Å²) in [6.07, 6.45) is 4.68. The Balaban J connectivity index is 2.29. The molecule has 1 aliphatic rings. The highest BCUT2D eigenvalue weighted by atomic mass is 31.0. The Bertz CT molecular complexity index is 271. The van der Waals surface area contributed by atoms with Crippen molar-refractivity contribution < 1.29 is 9.63 Å². The molecule has 4 atom stereocenters. The molecule has 0 bridgehead atoms. The summed E-state index contributed by atoms with van der Waals surface area (Å²) in [6.45, 7) is 2.43. The molecule has 0 saturated carbocycles. The van der Waals surface area contributed by atoms with Gasteiger partial charge in [0.05, 0.1) is 12.7 Å². The smallest absolute Gasteiger partial charge is 0.122 e. The molecule has 16 heavy (non-hydrogen) atoms. The Morgan fingerprint density at radius 1 is 1.75 bits per heavy atom. The average Bonchev–Trinajstić information content (AvgIpc) is 2.17. The van der Waals surface area contributed by atoms with Crippen molar-refractivity contribution in [2.75, 3.05) is 6.61 Å². The highest BCUT2D eigenvalue weighted by Gasteiger charge is 2.16. The first-order chi connectivity index (χ1) is 7.61. The maximum Gasteiger partial charge on any atom is 0.122 e. The maximum atomic E-state index is 9.57. The minimum absolute atomic E-state index is 0.0177. The molecule has 92 valence electrons. The molecule has 0 amide bonds. The number of nitrogens with one attached hydrogen (secondary N) is 1. The van der Waals surface area contributed by atoms with E-state index < -0.39 is 6.10 Å². The normalized spacial score (nSPS) is 23.4. The number of hydrogen-bond donors (Lipinski definition) is 3. The van der Waals surface area contributed by atoms with E-state index in [0.717, 1.165) is 6.42 Å². The van der Waals surface area contributed by atoms with Crippen LogP contribution in [-0.2, 0) is 4.52 Å². The van der Waals surface area contributed by atoms with Gasteiger partial charge in [0.2, 0.25) is 0 Å². The number of aliphatic hydroxyl groups is 1. The van der Waals surface area contributed by atoms with Gasteiger partial charge in [-0.3, -0.25) is 0 Å². The molecule has 0 radical (unpaired) electrons. The van der Waals surface area contributed by atoms with E-state index in [1.807, 2.05) is 6.20 Å². The number of nitrogens with zero attached hydrogens (tertiary/aromatic N) is 1. The van der Waals surface area contributed by atoms with Gasteiger partial charge in [0, 0.05) is 15.7 Å². The van der Waals surface area contributed by atoms with Crippen LogP contribution in [0.1, 0.15) is 19.8 Å². The van der Waals surface area contributed by atoms with Gasteiger partial charge < -0.3 is 20.7 Å². The fourth-order valence-corrected chi connectivity index (χ4v) is 1.97. The number of hydrogen-bond acceptors (Lipinski definition) is 5. The Labute approximate surface area is 98.4 Å². The zero-order valence-electron chi connectivity index (χ0n) is 9.47. The van der Waals surface area contributed by atoms with Gasteiger partial charge in [-0.15, -0.1) is 0 Å². The van der Waals surface area contributed by atoms with Crippen molar-refractivity contribution in [2.24, 2.45) is 16.6 Å². The first-order valence-corrected chi connectivity index (χ1v) is 5.84. The van der Waals surface area contributed by atoms with E-state index in [-0.39, 0.29) is 6.17 Å². The minimum Gasteiger partial charge on any atom is -0.391 e. The molecule has 0 aromatic heterocycles. The molecule has 0 aromatic carbocycles. The Hall–Kier alpha value is -0.640. The van der Waals surface area contributed by atoms with Gasteiger partial charge in [-0.1, -0.05) is 6.92 Å². The van der Waals surface area contributed by atoms with Crippen LogP contribution in [0, 0.1) is 5.92 Å². The average molecular weight is 245 g/mol. The SMILES string of the molecule is C[C@H](CC1N=C(N)C=CN1)C[C@H](O)COP. The van der Waals surface area contributed by atoms with Gasteiger partial charge in [0.1, 0.15) is 12.0 Å². The van der Waals surface area contributed by atoms with E-state index in [0.29, 0.717) is 24.8 Å². The Kier molecular flexibility index (Phi) is 5.74. The third-order valence-electron chi connectivity index (χ3n) is 2.44. The molecular weight excluding hydrogens is 225 g/mol. The lowest BCUT2D eigenvalue weighted by atomic mass is 9.98. The lowest BCUT2D eigenvalue weighted by Gasteiger charge is -2.22. The van der Waals surface area contributed by atoms with Crippen LogP contribution >= 0.6 is 9.47 Å². The maximum absolute atomic E-state index is 9.57. The summed E-state index contributed by atoms with van der Waals surface area (Å²) >= 11 is 0. The summed E-state index contributed by atoms with van der Waals surface area (Å²) in [5.41, 5.74) is 5.60. The van der Waals surface area contributed by atoms with Crippen LogP contribution in [-0.4, -0.2) is 29.8 Å². The van der Waals surface area contributed by atoms with Gasteiger partial charge >= 0.3 is 0 Å². The summed E-state index contributed by atoms with van der Waals surface area (Å²) in [7, 11) is 2.14. The van der Waals surface area contributed by atoms with Gasteiger partial charge in [-0.05, 0) is 24.8 Å². The van der Waals surface area contributed by atoms with Crippen LogP contribution in [0.5, 0.6) is 0 Å². The van der Waals surface area contributed by atoms with Crippen molar-refractivity contribution >= 4 is 15.3 Å². The van der Waals surface area contributed by atoms with E-state index in [1.54, 1.807) is 6.08 Å². The van der Waals surface area contributed by atoms with E-state index in [1.165, 1.54) is 0 Å². The third kappa shape index (κ3) is 4.92. The summed E-state index contributed by atoms with van der Waals surface area (Å²) in [5, 5.41) is 12.7. The fourth-order valence-electron chi connectivity index (χ4n) is 1.75. The second kappa shape index (κ2) is 6.84. The number of amidine groups is 1. The van der Waals surface area contributed by atoms with Crippen LogP contribution in [0.2, 0.25) is 0 Å². The molecule has 0 aliphatic carbocycles. The molecule has 5 nitrogen and oxygen atoms in total. The number of nitrogens with two attached hydrogens (primary N) is 1. The van der Waals surface area contributed by atoms with Crippen molar-refractivity contribution in [3.05, 3.63) is 12.3 Å². The van der Waals surface area contributed by atoms with Gasteiger partial charge in [0.25, 0.3) is 0 Å². The fraction of sp³-hybridized carbons (Fsp3) is 0.700. The van der Waals surface area contributed by atoms with Gasteiger partial charge in [-0.25, -0.2) is 4.99 Å². The van der Waals surface area contributed by atoms with Crippen LogP contribution in [0.3, 0.4) is 0 Å². The Morgan fingerprint density at radius 3 is 3.12 bits per heavy atom. The lowest BCUT2D eigenvalue weighted by Crippen LogP contribution is -2.32. The van der Waals surface area contributed by atoms with Crippen molar-refractivity contribution in [3.8, 4) is 0 Å². The van der Waals surface area contributed by atoms with Crippen LogP contribution in [0.25, 0.3) is 0 Å². The lowest BCUT2D eigenvalue weighted by molar-refractivity contribution is 0.0931. The highest BCUT2D eigenvalue weighted by molar-refractivity contribution is 7.09.